The lowest BCUT2D eigenvalue weighted by molar-refractivity contribution is 0.577. The van der Waals surface area contributed by atoms with Crippen molar-refractivity contribution >= 4 is 17.7 Å². The SMILES string of the molecule is CCCNc1ncc(C)c(Sc2cc(F)ccc2F)n1. The Morgan fingerprint density at radius 1 is 1.30 bits per heavy atom. The summed E-state index contributed by atoms with van der Waals surface area (Å²) in [5.41, 5.74) is 0.820. The van der Waals surface area contributed by atoms with Gasteiger partial charge in [0.05, 0.1) is 4.90 Å². The van der Waals surface area contributed by atoms with E-state index >= 15 is 0 Å². The summed E-state index contributed by atoms with van der Waals surface area (Å²) in [5.74, 6) is -0.431. The van der Waals surface area contributed by atoms with E-state index in [2.05, 4.69) is 15.3 Å². The lowest BCUT2D eigenvalue weighted by Crippen LogP contribution is -2.05. The van der Waals surface area contributed by atoms with Gasteiger partial charge in [0.15, 0.2) is 0 Å². The minimum Gasteiger partial charge on any atom is -0.354 e. The van der Waals surface area contributed by atoms with Crippen LogP contribution in [0.1, 0.15) is 18.9 Å². The van der Waals surface area contributed by atoms with E-state index < -0.39 is 11.6 Å². The van der Waals surface area contributed by atoms with E-state index in [-0.39, 0.29) is 4.90 Å². The van der Waals surface area contributed by atoms with Gasteiger partial charge in [-0.1, -0.05) is 18.7 Å². The number of hydrogen-bond donors (Lipinski definition) is 1. The van der Waals surface area contributed by atoms with Crippen LogP contribution in [-0.2, 0) is 0 Å². The number of benzene rings is 1. The fourth-order valence-corrected chi connectivity index (χ4v) is 2.40. The standard InChI is InChI=1S/C14H15F2N3S/c1-3-6-17-14-18-8-9(2)13(19-14)20-12-7-10(15)4-5-11(12)16/h4-5,7-8H,3,6H2,1-2H3,(H,17,18,19). The highest BCUT2D eigenvalue weighted by Gasteiger charge is 2.10. The fraction of sp³-hybridized carbons (Fsp3) is 0.286. The van der Waals surface area contributed by atoms with Crippen LogP contribution in [0.3, 0.4) is 0 Å². The molecule has 0 unspecified atom stereocenters. The lowest BCUT2D eigenvalue weighted by Gasteiger charge is -2.08. The summed E-state index contributed by atoms with van der Waals surface area (Å²) in [6, 6.07) is 3.38. The summed E-state index contributed by atoms with van der Waals surface area (Å²) in [5, 5.41) is 3.68. The van der Waals surface area contributed by atoms with Crippen LogP contribution < -0.4 is 5.32 Å². The Bertz CT molecular complexity index is 605. The van der Waals surface area contributed by atoms with Crippen molar-refractivity contribution < 1.29 is 8.78 Å². The maximum Gasteiger partial charge on any atom is 0.223 e. The maximum atomic E-state index is 13.6. The van der Waals surface area contributed by atoms with Gasteiger partial charge >= 0.3 is 0 Å². The summed E-state index contributed by atoms with van der Waals surface area (Å²) in [6.07, 6.45) is 2.63. The molecule has 0 fully saturated rings. The second kappa shape index (κ2) is 6.65. The molecule has 0 aliphatic carbocycles. The van der Waals surface area contributed by atoms with Crippen LogP contribution in [0, 0.1) is 18.6 Å². The first-order chi connectivity index (χ1) is 9.60. The fourth-order valence-electron chi connectivity index (χ4n) is 1.51. The smallest absolute Gasteiger partial charge is 0.223 e. The molecule has 0 radical (unpaired) electrons. The zero-order chi connectivity index (χ0) is 14.5. The molecule has 0 spiro atoms. The highest BCUT2D eigenvalue weighted by Crippen LogP contribution is 2.31. The molecule has 1 aromatic heterocycles. The number of anilines is 1. The molecule has 1 heterocycles. The number of nitrogens with zero attached hydrogens (tertiary/aromatic N) is 2. The number of aromatic nitrogens is 2. The quantitative estimate of drug-likeness (QED) is 0.845. The van der Waals surface area contributed by atoms with Gasteiger partial charge in [0.1, 0.15) is 16.7 Å². The number of aryl methyl sites for hydroxylation is 1. The van der Waals surface area contributed by atoms with Gasteiger partial charge in [0, 0.05) is 18.3 Å². The average Bonchev–Trinajstić information content (AvgIpc) is 2.43. The van der Waals surface area contributed by atoms with Crippen LogP contribution in [0.2, 0.25) is 0 Å². The summed E-state index contributed by atoms with van der Waals surface area (Å²) >= 11 is 1.10. The van der Waals surface area contributed by atoms with Crippen molar-refractivity contribution in [1.29, 1.82) is 0 Å². The van der Waals surface area contributed by atoms with E-state index in [4.69, 9.17) is 0 Å². The first-order valence-corrected chi connectivity index (χ1v) is 7.12. The summed E-state index contributed by atoms with van der Waals surface area (Å²) in [7, 11) is 0. The summed E-state index contributed by atoms with van der Waals surface area (Å²) in [6.45, 7) is 4.64. The Morgan fingerprint density at radius 2 is 2.10 bits per heavy atom. The van der Waals surface area contributed by atoms with Gasteiger partial charge in [-0.05, 0) is 31.5 Å². The molecule has 2 rings (SSSR count). The molecule has 0 atom stereocenters. The Morgan fingerprint density at radius 3 is 2.85 bits per heavy atom. The molecule has 0 aliphatic rings. The van der Waals surface area contributed by atoms with Crippen LogP contribution in [0.25, 0.3) is 0 Å². The van der Waals surface area contributed by atoms with Crippen LogP contribution in [0.15, 0.2) is 34.3 Å². The van der Waals surface area contributed by atoms with Gasteiger partial charge in [0.25, 0.3) is 0 Å². The van der Waals surface area contributed by atoms with Gasteiger partial charge in [-0.2, -0.15) is 0 Å². The van der Waals surface area contributed by atoms with E-state index in [0.29, 0.717) is 11.0 Å². The third-order valence-electron chi connectivity index (χ3n) is 2.56. The van der Waals surface area contributed by atoms with E-state index in [1.165, 1.54) is 6.07 Å². The molecule has 0 amide bonds. The van der Waals surface area contributed by atoms with Crippen molar-refractivity contribution in [3.05, 3.63) is 41.6 Å². The number of rotatable bonds is 5. The van der Waals surface area contributed by atoms with Crippen molar-refractivity contribution in [2.24, 2.45) is 0 Å². The molecule has 20 heavy (non-hydrogen) atoms. The molecule has 0 saturated carbocycles. The molecule has 6 heteroatoms. The Hall–Kier alpha value is -1.69. The molecule has 1 aromatic carbocycles. The monoisotopic (exact) mass is 295 g/mol. The first-order valence-electron chi connectivity index (χ1n) is 6.30. The molecule has 0 aliphatic heterocycles. The van der Waals surface area contributed by atoms with Crippen LogP contribution in [-0.4, -0.2) is 16.5 Å². The minimum atomic E-state index is -0.468. The molecule has 0 bridgehead atoms. The van der Waals surface area contributed by atoms with Crippen molar-refractivity contribution in [2.75, 3.05) is 11.9 Å². The van der Waals surface area contributed by atoms with Crippen molar-refractivity contribution in [3.8, 4) is 0 Å². The predicted octanol–water partition coefficient (Wildman–Crippen LogP) is 4.04. The van der Waals surface area contributed by atoms with Gasteiger partial charge in [-0.3, -0.25) is 0 Å². The van der Waals surface area contributed by atoms with E-state index in [0.717, 1.165) is 42.4 Å². The summed E-state index contributed by atoms with van der Waals surface area (Å²) in [4.78, 5) is 8.70. The summed E-state index contributed by atoms with van der Waals surface area (Å²) < 4.78 is 26.8. The Labute approximate surface area is 120 Å². The number of nitrogens with one attached hydrogen (secondary N) is 1. The zero-order valence-corrected chi connectivity index (χ0v) is 12.1. The molecule has 1 N–H and O–H groups in total. The molecule has 0 saturated heterocycles. The Kier molecular flexibility index (Phi) is 4.89. The van der Waals surface area contributed by atoms with Crippen molar-refractivity contribution in [1.82, 2.24) is 9.97 Å². The second-order valence-corrected chi connectivity index (χ2v) is 5.32. The van der Waals surface area contributed by atoms with Gasteiger partial charge in [-0.15, -0.1) is 0 Å². The third-order valence-corrected chi connectivity index (χ3v) is 3.70. The van der Waals surface area contributed by atoms with Gasteiger partial charge in [-0.25, -0.2) is 18.7 Å². The molecule has 2 aromatic rings. The normalized spacial score (nSPS) is 10.6. The van der Waals surface area contributed by atoms with E-state index in [9.17, 15) is 8.78 Å². The minimum absolute atomic E-state index is 0.216. The molecular weight excluding hydrogens is 280 g/mol. The lowest BCUT2D eigenvalue weighted by atomic mass is 10.3. The predicted molar refractivity (Wildman–Crippen MR) is 76.0 cm³/mol. The third kappa shape index (κ3) is 3.66. The highest BCUT2D eigenvalue weighted by atomic mass is 32.2. The van der Waals surface area contributed by atoms with Gasteiger partial charge < -0.3 is 5.32 Å². The number of halogens is 2. The van der Waals surface area contributed by atoms with E-state index in [1.54, 1.807) is 6.20 Å². The molecule has 106 valence electrons. The van der Waals surface area contributed by atoms with E-state index in [1.807, 2.05) is 13.8 Å². The van der Waals surface area contributed by atoms with Crippen LogP contribution in [0.4, 0.5) is 14.7 Å². The number of hydrogen-bond acceptors (Lipinski definition) is 4. The molecular formula is C14H15F2N3S. The first kappa shape index (κ1) is 14.7. The van der Waals surface area contributed by atoms with Crippen LogP contribution in [0.5, 0.6) is 0 Å². The van der Waals surface area contributed by atoms with Gasteiger partial charge in [0.2, 0.25) is 5.95 Å². The Balaban J connectivity index is 2.25. The second-order valence-electron chi connectivity index (χ2n) is 4.29. The van der Waals surface area contributed by atoms with Crippen molar-refractivity contribution in [2.45, 2.75) is 30.2 Å². The zero-order valence-electron chi connectivity index (χ0n) is 11.3. The van der Waals surface area contributed by atoms with Crippen LogP contribution >= 0.6 is 11.8 Å². The molecule has 3 nitrogen and oxygen atoms in total. The topological polar surface area (TPSA) is 37.8 Å². The maximum absolute atomic E-state index is 13.6. The average molecular weight is 295 g/mol. The largest absolute Gasteiger partial charge is 0.354 e. The highest BCUT2D eigenvalue weighted by molar-refractivity contribution is 7.99. The van der Waals surface area contributed by atoms with Crippen molar-refractivity contribution in [3.63, 3.8) is 0 Å².